The van der Waals surface area contributed by atoms with Gasteiger partial charge < -0.3 is 19.4 Å². The molecule has 2 rings (SSSR count). The normalized spacial score (nSPS) is 22.8. The predicted molar refractivity (Wildman–Crippen MR) is 64.0 cm³/mol. The number of hydrogen-bond acceptors (Lipinski definition) is 6. The lowest BCUT2D eigenvalue weighted by atomic mass is 10.2. The molecule has 1 aromatic heterocycles. The summed E-state index contributed by atoms with van der Waals surface area (Å²) in [4.78, 5) is 2.09. The Morgan fingerprint density at radius 3 is 3.06 bits per heavy atom. The maximum atomic E-state index is 5.65. The van der Waals surface area contributed by atoms with Gasteiger partial charge in [0.05, 0.1) is 18.8 Å². The van der Waals surface area contributed by atoms with E-state index < -0.39 is 0 Å². The molecule has 2 unspecified atom stereocenters. The molecule has 6 heteroatoms. The second kappa shape index (κ2) is 5.46. The smallest absolute Gasteiger partial charge is 0.318 e. The average Bonchev–Trinajstić information content (AvgIpc) is 2.87. The van der Waals surface area contributed by atoms with Crippen molar-refractivity contribution in [2.75, 3.05) is 31.6 Å². The Bertz CT molecular complexity index is 355. The lowest BCUT2D eigenvalue weighted by Gasteiger charge is -2.30. The molecule has 0 spiro atoms. The third kappa shape index (κ3) is 2.76. The first kappa shape index (κ1) is 12.3. The molecule has 1 aliphatic heterocycles. The van der Waals surface area contributed by atoms with Crippen LogP contribution in [0.4, 0.5) is 6.01 Å². The van der Waals surface area contributed by atoms with E-state index in [-0.39, 0.29) is 12.1 Å². The number of ether oxygens (including phenoxy) is 1. The lowest BCUT2D eigenvalue weighted by Crippen LogP contribution is -2.42. The predicted octanol–water partition coefficient (Wildman–Crippen LogP) is 0.965. The van der Waals surface area contributed by atoms with E-state index in [9.17, 15) is 0 Å². The molecule has 1 aromatic rings. The third-order valence-corrected chi connectivity index (χ3v) is 3.10. The van der Waals surface area contributed by atoms with E-state index >= 15 is 0 Å². The SMILES string of the molecule is CCC1CN(c2nnc(C(C)NC)o2)CCO1. The molecule has 0 aromatic carbocycles. The van der Waals surface area contributed by atoms with Crippen molar-refractivity contribution in [2.24, 2.45) is 0 Å². The number of hydrogen-bond donors (Lipinski definition) is 1. The molecule has 1 N–H and O–H groups in total. The molecule has 1 aliphatic rings. The van der Waals surface area contributed by atoms with Crippen LogP contribution in [0.25, 0.3) is 0 Å². The summed E-state index contributed by atoms with van der Waals surface area (Å²) < 4.78 is 11.3. The van der Waals surface area contributed by atoms with E-state index in [0.717, 1.165) is 26.1 Å². The van der Waals surface area contributed by atoms with Gasteiger partial charge in [-0.3, -0.25) is 0 Å². The van der Waals surface area contributed by atoms with Crippen molar-refractivity contribution in [2.45, 2.75) is 32.4 Å². The monoisotopic (exact) mass is 240 g/mol. The summed E-state index contributed by atoms with van der Waals surface area (Å²) in [5.41, 5.74) is 0. The van der Waals surface area contributed by atoms with Crippen LogP contribution in [-0.2, 0) is 4.74 Å². The van der Waals surface area contributed by atoms with E-state index in [0.29, 0.717) is 11.9 Å². The summed E-state index contributed by atoms with van der Waals surface area (Å²) in [5.74, 6) is 0.627. The average molecular weight is 240 g/mol. The van der Waals surface area contributed by atoms with Gasteiger partial charge in [-0.15, -0.1) is 5.10 Å². The molecule has 0 amide bonds. The van der Waals surface area contributed by atoms with Crippen molar-refractivity contribution in [3.8, 4) is 0 Å². The molecule has 2 atom stereocenters. The Kier molecular flexibility index (Phi) is 3.96. The minimum atomic E-state index is 0.0827. The number of rotatable bonds is 4. The number of aromatic nitrogens is 2. The Hall–Kier alpha value is -1.14. The molecule has 0 bridgehead atoms. The van der Waals surface area contributed by atoms with Gasteiger partial charge in [0.1, 0.15) is 0 Å². The summed E-state index contributed by atoms with van der Waals surface area (Å²) in [7, 11) is 1.87. The van der Waals surface area contributed by atoms with Gasteiger partial charge in [0.2, 0.25) is 5.89 Å². The maximum Gasteiger partial charge on any atom is 0.318 e. The molecule has 1 fully saturated rings. The summed E-state index contributed by atoms with van der Waals surface area (Å²) in [6.07, 6.45) is 1.27. The molecular formula is C11H20N4O2. The van der Waals surface area contributed by atoms with Crippen LogP contribution < -0.4 is 10.2 Å². The minimum absolute atomic E-state index is 0.0827. The first-order valence-corrected chi connectivity index (χ1v) is 6.11. The van der Waals surface area contributed by atoms with E-state index in [2.05, 4.69) is 27.3 Å². The highest BCUT2D eigenvalue weighted by atomic mass is 16.5. The lowest BCUT2D eigenvalue weighted by molar-refractivity contribution is 0.0366. The van der Waals surface area contributed by atoms with Crippen molar-refractivity contribution in [3.05, 3.63) is 5.89 Å². The van der Waals surface area contributed by atoms with E-state index in [4.69, 9.17) is 9.15 Å². The Morgan fingerprint density at radius 1 is 1.53 bits per heavy atom. The van der Waals surface area contributed by atoms with E-state index in [1.54, 1.807) is 0 Å². The van der Waals surface area contributed by atoms with Gasteiger partial charge in [-0.05, 0) is 20.4 Å². The standard InChI is InChI=1S/C11H20N4O2/c1-4-9-7-15(5-6-16-9)11-14-13-10(17-11)8(2)12-3/h8-9,12H,4-7H2,1-3H3. The zero-order valence-electron chi connectivity index (χ0n) is 10.6. The quantitative estimate of drug-likeness (QED) is 0.846. The zero-order chi connectivity index (χ0) is 12.3. The minimum Gasteiger partial charge on any atom is -0.406 e. The van der Waals surface area contributed by atoms with Crippen molar-refractivity contribution in [3.63, 3.8) is 0 Å². The fraction of sp³-hybridized carbons (Fsp3) is 0.818. The second-order valence-electron chi connectivity index (χ2n) is 4.28. The number of nitrogens with zero attached hydrogens (tertiary/aromatic N) is 3. The van der Waals surface area contributed by atoms with Gasteiger partial charge in [-0.1, -0.05) is 12.0 Å². The van der Waals surface area contributed by atoms with Gasteiger partial charge in [-0.2, -0.15) is 0 Å². The second-order valence-corrected chi connectivity index (χ2v) is 4.28. The maximum absolute atomic E-state index is 5.65. The van der Waals surface area contributed by atoms with Crippen LogP contribution in [0.2, 0.25) is 0 Å². The van der Waals surface area contributed by atoms with Gasteiger partial charge in [0.15, 0.2) is 0 Å². The van der Waals surface area contributed by atoms with Crippen molar-refractivity contribution >= 4 is 6.01 Å². The molecule has 0 aliphatic carbocycles. The van der Waals surface area contributed by atoms with Crippen LogP contribution in [-0.4, -0.2) is 43.0 Å². The number of morpholine rings is 1. The van der Waals surface area contributed by atoms with Crippen LogP contribution in [0.1, 0.15) is 32.2 Å². The molecule has 96 valence electrons. The van der Waals surface area contributed by atoms with Gasteiger partial charge in [0, 0.05) is 13.1 Å². The van der Waals surface area contributed by atoms with Crippen molar-refractivity contribution in [1.29, 1.82) is 0 Å². The Morgan fingerprint density at radius 2 is 2.35 bits per heavy atom. The first-order valence-electron chi connectivity index (χ1n) is 6.11. The highest BCUT2D eigenvalue weighted by Crippen LogP contribution is 2.19. The molecule has 1 saturated heterocycles. The fourth-order valence-electron chi connectivity index (χ4n) is 1.79. The molecule has 0 radical (unpaired) electrons. The Labute approximate surface area is 101 Å². The van der Waals surface area contributed by atoms with Gasteiger partial charge in [0.25, 0.3) is 0 Å². The van der Waals surface area contributed by atoms with Crippen molar-refractivity contribution < 1.29 is 9.15 Å². The first-order chi connectivity index (χ1) is 8.24. The largest absolute Gasteiger partial charge is 0.406 e. The van der Waals surface area contributed by atoms with Crippen LogP contribution in [0, 0.1) is 0 Å². The third-order valence-electron chi connectivity index (χ3n) is 3.10. The van der Waals surface area contributed by atoms with Crippen LogP contribution in [0.3, 0.4) is 0 Å². The number of anilines is 1. The van der Waals surface area contributed by atoms with Crippen molar-refractivity contribution in [1.82, 2.24) is 15.5 Å². The van der Waals surface area contributed by atoms with Gasteiger partial charge in [-0.25, -0.2) is 0 Å². The highest BCUT2D eigenvalue weighted by molar-refractivity contribution is 5.25. The summed E-state index contributed by atoms with van der Waals surface area (Å²) in [6, 6.07) is 0.683. The molecular weight excluding hydrogens is 220 g/mol. The van der Waals surface area contributed by atoms with E-state index in [1.165, 1.54) is 0 Å². The number of nitrogens with one attached hydrogen (secondary N) is 1. The molecule has 0 saturated carbocycles. The summed E-state index contributed by atoms with van der Waals surface area (Å²) in [6.45, 7) is 6.47. The van der Waals surface area contributed by atoms with Crippen LogP contribution in [0.5, 0.6) is 0 Å². The zero-order valence-corrected chi connectivity index (χ0v) is 10.6. The van der Waals surface area contributed by atoms with Gasteiger partial charge >= 0.3 is 6.01 Å². The van der Waals surface area contributed by atoms with E-state index in [1.807, 2.05) is 14.0 Å². The van der Waals surface area contributed by atoms with Crippen LogP contribution >= 0.6 is 0 Å². The Balaban J connectivity index is 2.04. The molecule has 2 heterocycles. The highest BCUT2D eigenvalue weighted by Gasteiger charge is 2.23. The van der Waals surface area contributed by atoms with Crippen LogP contribution in [0.15, 0.2) is 4.42 Å². The molecule has 6 nitrogen and oxygen atoms in total. The topological polar surface area (TPSA) is 63.4 Å². The molecule has 17 heavy (non-hydrogen) atoms. The fourth-order valence-corrected chi connectivity index (χ4v) is 1.79. The summed E-state index contributed by atoms with van der Waals surface area (Å²) in [5, 5.41) is 11.2. The summed E-state index contributed by atoms with van der Waals surface area (Å²) >= 11 is 0.